The summed E-state index contributed by atoms with van der Waals surface area (Å²) in [6.07, 6.45) is 0.801. The summed E-state index contributed by atoms with van der Waals surface area (Å²) in [6, 6.07) is 14.7. The molecule has 4 N–H and O–H groups in total. The minimum atomic E-state index is -1.41. The molecule has 4 atom stereocenters. The average Bonchev–Trinajstić information content (AvgIpc) is 3.14. The van der Waals surface area contributed by atoms with Crippen LogP contribution in [0.2, 0.25) is 0 Å². The van der Waals surface area contributed by atoms with Crippen LogP contribution in [0.1, 0.15) is 56.6 Å². The number of carbonyl (C=O) groups is 3. The highest BCUT2D eigenvalue weighted by molar-refractivity contribution is 5.87. The number of amides is 2. The van der Waals surface area contributed by atoms with E-state index in [1.165, 1.54) is 6.92 Å². The highest BCUT2D eigenvalue weighted by Crippen LogP contribution is 2.44. The van der Waals surface area contributed by atoms with Crippen LogP contribution in [0.25, 0.3) is 11.1 Å². The molecule has 2 amide bonds. The number of benzene rings is 2. The van der Waals surface area contributed by atoms with Crippen LogP contribution in [0, 0.1) is 5.92 Å². The first kappa shape index (κ1) is 24.7. The van der Waals surface area contributed by atoms with E-state index in [0.717, 1.165) is 35.1 Å². The van der Waals surface area contributed by atoms with Crippen molar-refractivity contribution in [1.82, 2.24) is 10.6 Å². The number of ether oxygens (including phenoxy) is 1. The number of alkyl carbamates (subject to hydrolysis) is 1. The van der Waals surface area contributed by atoms with E-state index < -0.39 is 41.6 Å². The zero-order chi connectivity index (χ0) is 25.2. The standard InChI is InChI=1S/C27H32N2O6/c1-16(30)23(25(32)33)28-24(31)22-13-7-8-14-27(22,2)29-26(34)35-15-21-19-11-5-3-9-17(19)18-10-4-6-12-20(18)21/h3-6,9-12,16,21-23,30H,7-8,13-15H2,1-2H3,(H,28,31)(H,29,34)(H,32,33). The molecule has 0 heterocycles. The van der Waals surface area contributed by atoms with Crippen LogP contribution < -0.4 is 10.6 Å². The fourth-order valence-corrected chi connectivity index (χ4v) is 5.41. The molecule has 0 saturated heterocycles. The molecule has 0 aromatic heterocycles. The molecule has 1 saturated carbocycles. The maximum absolute atomic E-state index is 13.0. The lowest BCUT2D eigenvalue weighted by Crippen LogP contribution is -2.60. The number of carbonyl (C=O) groups excluding carboxylic acids is 2. The first-order chi connectivity index (χ1) is 16.7. The second kappa shape index (κ2) is 10.1. The van der Waals surface area contributed by atoms with Gasteiger partial charge in [0.25, 0.3) is 0 Å². The molecule has 35 heavy (non-hydrogen) atoms. The van der Waals surface area contributed by atoms with E-state index in [-0.39, 0.29) is 12.5 Å². The second-order valence-corrected chi connectivity index (χ2v) is 9.73. The molecular weight excluding hydrogens is 448 g/mol. The third kappa shape index (κ3) is 5.03. The van der Waals surface area contributed by atoms with E-state index in [2.05, 4.69) is 22.8 Å². The van der Waals surface area contributed by atoms with Crippen LogP contribution in [0.15, 0.2) is 48.5 Å². The third-order valence-corrected chi connectivity index (χ3v) is 7.30. The smallest absolute Gasteiger partial charge is 0.407 e. The Bertz CT molecular complexity index is 1070. The molecule has 0 aliphatic heterocycles. The van der Waals surface area contributed by atoms with Gasteiger partial charge in [-0.05, 0) is 48.9 Å². The predicted molar refractivity (Wildman–Crippen MR) is 130 cm³/mol. The third-order valence-electron chi connectivity index (χ3n) is 7.30. The van der Waals surface area contributed by atoms with Crippen LogP contribution in [0.5, 0.6) is 0 Å². The molecule has 4 unspecified atom stereocenters. The number of hydrogen-bond acceptors (Lipinski definition) is 5. The predicted octanol–water partition coefficient (Wildman–Crippen LogP) is 3.42. The van der Waals surface area contributed by atoms with Gasteiger partial charge < -0.3 is 25.6 Å². The highest BCUT2D eigenvalue weighted by Gasteiger charge is 2.44. The van der Waals surface area contributed by atoms with E-state index in [0.29, 0.717) is 12.8 Å². The van der Waals surface area contributed by atoms with Gasteiger partial charge in [-0.15, -0.1) is 0 Å². The van der Waals surface area contributed by atoms with Gasteiger partial charge in [-0.1, -0.05) is 61.4 Å². The summed E-state index contributed by atoms with van der Waals surface area (Å²) in [6.45, 7) is 3.26. The number of carboxylic acids is 1. The minimum Gasteiger partial charge on any atom is -0.480 e. The number of hydrogen-bond donors (Lipinski definition) is 4. The van der Waals surface area contributed by atoms with E-state index in [9.17, 15) is 24.6 Å². The Morgan fingerprint density at radius 2 is 1.66 bits per heavy atom. The van der Waals surface area contributed by atoms with Gasteiger partial charge in [0.1, 0.15) is 6.61 Å². The average molecular weight is 481 g/mol. The normalized spacial score (nSPS) is 22.9. The summed E-state index contributed by atoms with van der Waals surface area (Å²) in [5.74, 6) is -2.53. The van der Waals surface area contributed by atoms with Gasteiger partial charge in [0.15, 0.2) is 6.04 Å². The van der Waals surface area contributed by atoms with Gasteiger partial charge in [-0.2, -0.15) is 0 Å². The van der Waals surface area contributed by atoms with Crippen molar-refractivity contribution in [2.75, 3.05) is 6.61 Å². The van der Waals surface area contributed by atoms with E-state index in [1.807, 2.05) is 36.4 Å². The summed E-state index contributed by atoms with van der Waals surface area (Å²) < 4.78 is 5.68. The van der Waals surface area contributed by atoms with Crippen molar-refractivity contribution in [3.05, 3.63) is 59.7 Å². The molecule has 186 valence electrons. The van der Waals surface area contributed by atoms with Crippen molar-refractivity contribution in [2.45, 2.75) is 63.1 Å². The zero-order valence-corrected chi connectivity index (χ0v) is 20.0. The van der Waals surface area contributed by atoms with Crippen LogP contribution in [-0.2, 0) is 14.3 Å². The molecule has 0 spiro atoms. The lowest BCUT2D eigenvalue weighted by molar-refractivity contribution is -0.146. The Labute approximate surface area is 204 Å². The van der Waals surface area contributed by atoms with Gasteiger partial charge in [0.2, 0.25) is 5.91 Å². The lowest BCUT2D eigenvalue weighted by Gasteiger charge is -2.41. The molecule has 1 fully saturated rings. The van der Waals surface area contributed by atoms with Gasteiger partial charge in [0.05, 0.1) is 17.6 Å². The summed E-state index contributed by atoms with van der Waals surface area (Å²) >= 11 is 0. The summed E-state index contributed by atoms with van der Waals surface area (Å²) in [4.78, 5) is 37.3. The molecule has 2 aromatic rings. The molecule has 0 bridgehead atoms. The van der Waals surface area contributed by atoms with Gasteiger partial charge in [-0.25, -0.2) is 9.59 Å². The summed E-state index contributed by atoms with van der Waals surface area (Å²) in [5, 5.41) is 24.4. The maximum atomic E-state index is 13.0. The quantitative estimate of drug-likeness (QED) is 0.481. The molecular formula is C27H32N2O6. The van der Waals surface area contributed by atoms with Gasteiger partial charge >= 0.3 is 12.1 Å². The molecule has 2 aliphatic carbocycles. The molecule has 8 nitrogen and oxygen atoms in total. The Morgan fingerprint density at radius 1 is 1.06 bits per heavy atom. The summed E-state index contributed by atoms with van der Waals surface area (Å²) in [5.41, 5.74) is 3.60. The van der Waals surface area contributed by atoms with Gasteiger partial charge in [0, 0.05) is 5.92 Å². The van der Waals surface area contributed by atoms with Gasteiger partial charge in [-0.3, -0.25) is 4.79 Å². The van der Waals surface area contributed by atoms with Crippen LogP contribution in [0.4, 0.5) is 4.79 Å². The van der Waals surface area contributed by atoms with Crippen molar-refractivity contribution in [1.29, 1.82) is 0 Å². The van der Waals surface area contributed by atoms with Crippen molar-refractivity contribution >= 4 is 18.0 Å². The molecule has 8 heteroatoms. The van der Waals surface area contributed by atoms with Crippen molar-refractivity contribution in [3.8, 4) is 11.1 Å². The number of carboxylic acid groups (broad SMARTS) is 1. The number of aliphatic hydroxyl groups is 1. The van der Waals surface area contributed by atoms with E-state index >= 15 is 0 Å². The lowest BCUT2D eigenvalue weighted by atomic mass is 9.73. The fraction of sp³-hybridized carbons (Fsp3) is 0.444. The molecule has 0 radical (unpaired) electrons. The fourth-order valence-electron chi connectivity index (χ4n) is 5.41. The van der Waals surface area contributed by atoms with Crippen LogP contribution in [0.3, 0.4) is 0 Å². The molecule has 2 aromatic carbocycles. The highest BCUT2D eigenvalue weighted by atomic mass is 16.5. The van der Waals surface area contributed by atoms with Crippen molar-refractivity contribution in [2.24, 2.45) is 5.92 Å². The summed E-state index contributed by atoms with van der Waals surface area (Å²) in [7, 11) is 0. The number of rotatable bonds is 7. The zero-order valence-electron chi connectivity index (χ0n) is 20.0. The van der Waals surface area contributed by atoms with Crippen LogP contribution >= 0.6 is 0 Å². The van der Waals surface area contributed by atoms with Crippen LogP contribution in [-0.4, -0.2) is 52.5 Å². The van der Waals surface area contributed by atoms with E-state index in [1.54, 1.807) is 6.92 Å². The Morgan fingerprint density at radius 3 is 2.23 bits per heavy atom. The monoisotopic (exact) mass is 480 g/mol. The molecule has 2 aliphatic rings. The Balaban J connectivity index is 1.44. The van der Waals surface area contributed by atoms with E-state index in [4.69, 9.17) is 4.74 Å². The number of aliphatic carboxylic acids is 1. The largest absolute Gasteiger partial charge is 0.480 e. The Hall–Kier alpha value is -3.39. The Kier molecular flexibility index (Phi) is 7.12. The maximum Gasteiger partial charge on any atom is 0.407 e. The number of nitrogens with one attached hydrogen (secondary N) is 2. The number of fused-ring (bicyclic) bond motifs is 3. The van der Waals surface area contributed by atoms with Crippen molar-refractivity contribution in [3.63, 3.8) is 0 Å². The number of aliphatic hydroxyl groups excluding tert-OH is 1. The first-order valence-electron chi connectivity index (χ1n) is 12.1. The second-order valence-electron chi connectivity index (χ2n) is 9.73. The topological polar surface area (TPSA) is 125 Å². The molecule has 4 rings (SSSR count). The minimum absolute atomic E-state index is 0.0752. The van der Waals surface area contributed by atoms with Crippen molar-refractivity contribution < 1.29 is 29.3 Å². The first-order valence-corrected chi connectivity index (χ1v) is 12.1. The SMILES string of the molecule is CC(O)C(NC(=O)C1CCCCC1(C)NC(=O)OCC1c2ccccc2-c2ccccc21)C(=O)O.